The number of hydrogen-bond acceptors (Lipinski definition) is 4. The van der Waals surface area contributed by atoms with Crippen molar-refractivity contribution in [1.29, 1.82) is 0 Å². The van der Waals surface area contributed by atoms with Crippen LogP contribution >= 0.6 is 0 Å². The molecule has 0 bridgehead atoms. The summed E-state index contributed by atoms with van der Waals surface area (Å²) in [4.78, 5) is 20.3. The van der Waals surface area contributed by atoms with E-state index in [9.17, 15) is 4.79 Å². The first-order chi connectivity index (χ1) is 9.66. The van der Waals surface area contributed by atoms with Crippen LogP contribution in [-0.2, 0) is 0 Å². The van der Waals surface area contributed by atoms with Crippen LogP contribution in [0.3, 0.4) is 0 Å². The minimum absolute atomic E-state index is 0.00861. The highest BCUT2D eigenvalue weighted by Gasteiger charge is 2.17. The van der Waals surface area contributed by atoms with E-state index in [4.69, 9.17) is 0 Å². The van der Waals surface area contributed by atoms with E-state index >= 15 is 0 Å². The average molecular weight is 269 g/mol. The first-order valence-corrected chi connectivity index (χ1v) is 6.76. The van der Waals surface area contributed by atoms with Gasteiger partial charge in [-0.3, -0.25) is 14.8 Å². The van der Waals surface area contributed by atoms with Gasteiger partial charge in [0.2, 0.25) is 0 Å². The summed E-state index contributed by atoms with van der Waals surface area (Å²) in [7, 11) is 0. The molecule has 1 N–H and O–H groups in total. The van der Waals surface area contributed by atoms with Crippen molar-refractivity contribution in [2.75, 3.05) is 0 Å². The van der Waals surface area contributed by atoms with Crippen molar-refractivity contribution in [3.63, 3.8) is 0 Å². The summed E-state index contributed by atoms with van der Waals surface area (Å²) in [6, 6.07) is 7.76. The molecule has 1 atom stereocenters. The molecule has 0 aliphatic rings. The van der Waals surface area contributed by atoms with Crippen molar-refractivity contribution in [3.8, 4) is 0 Å². The lowest BCUT2D eigenvalue weighted by Crippen LogP contribution is -2.30. The molecule has 1 unspecified atom stereocenters. The van der Waals surface area contributed by atoms with Gasteiger partial charge in [-0.15, -0.1) is 0 Å². The van der Waals surface area contributed by atoms with Gasteiger partial charge >= 0.3 is 0 Å². The van der Waals surface area contributed by atoms with Gasteiger partial charge < -0.3 is 5.32 Å². The summed E-state index contributed by atoms with van der Waals surface area (Å²) in [6.07, 6.45) is 7.19. The minimum atomic E-state index is -0.00861. The van der Waals surface area contributed by atoms with Gasteiger partial charge in [0.1, 0.15) is 0 Å². The Hall–Kier alpha value is -2.07. The van der Waals surface area contributed by atoms with E-state index in [-0.39, 0.29) is 11.8 Å². The van der Waals surface area contributed by atoms with Crippen molar-refractivity contribution in [2.45, 2.75) is 32.4 Å². The third-order valence-corrected chi connectivity index (χ3v) is 3.02. The highest BCUT2D eigenvalue weighted by molar-refractivity contribution is 5.96. The number of pyridine rings is 2. The van der Waals surface area contributed by atoms with Gasteiger partial charge in [0, 0.05) is 48.9 Å². The number of carbonyl (C=O) groups is 1. The van der Waals surface area contributed by atoms with Crippen molar-refractivity contribution < 1.29 is 4.79 Å². The number of nitrogens with one attached hydrogen (secondary N) is 1. The Balaban J connectivity index is 2.14. The Morgan fingerprint density at radius 3 is 2.50 bits per heavy atom. The van der Waals surface area contributed by atoms with Gasteiger partial charge in [0.25, 0.3) is 0 Å². The maximum absolute atomic E-state index is 12.3. The average Bonchev–Trinajstić information content (AvgIpc) is 2.48. The fourth-order valence-electron chi connectivity index (χ4n) is 2.10. The van der Waals surface area contributed by atoms with E-state index in [2.05, 4.69) is 29.1 Å². The molecule has 104 valence electrons. The van der Waals surface area contributed by atoms with Crippen molar-refractivity contribution in [1.82, 2.24) is 15.3 Å². The molecular weight excluding hydrogens is 250 g/mol. The Morgan fingerprint density at radius 1 is 1.15 bits per heavy atom. The third-order valence-electron chi connectivity index (χ3n) is 3.02. The zero-order chi connectivity index (χ0) is 14.4. The zero-order valence-electron chi connectivity index (χ0n) is 11.8. The summed E-state index contributed by atoms with van der Waals surface area (Å²) in [5, 5.41) is 3.43. The second-order valence-corrected chi connectivity index (χ2v) is 5.02. The van der Waals surface area contributed by atoms with Crippen LogP contribution < -0.4 is 5.32 Å². The van der Waals surface area contributed by atoms with Crippen molar-refractivity contribution in [3.05, 3.63) is 60.2 Å². The lowest BCUT2D eigenvalue weighted by molar-refractivity contribution is 0.0967. The molecule has 2 aromatic heterocycles. The lowest BCUT2D eigenvalue weighted by atomic mass is 9.99. The van der Waals surface area contributed by atoms with Gasteiger partial charge in [0.05, 0.1) is 0 Å². The molecule has 0 aliphatic heterocycles. The molecule has 4 nitrogen and oxygen atoms in total. The largest absolute Gasteiger partial charge is 0.307 e. The van der Waals surface area contributed by atoms with Crippen LogP contribution in [-0.4, -0.2) is 21.8 Å². The molecule has 0 fully saturated rings. The molecule has 0 aromatic carbocycles. The Labute approximate surface area is 119 Å². The van der Waals surface area contributed by atoms with E-state index in [0.717, 1.165) is 5.56 Å². The summed E-state index contributed by atoms with van der Waals surface area (Å²) >= 11 is 0. The van der Waals surface area contributed by atoms with Crippen molar-refractivity contribution >= 4 is 5.78 Å². The fraction of sp³-hybridized carbons (Fsp3) is 0.312. The molecule has 2 rings (SSSR count). The fourth-order valence-corrected chi connectivity index (χ4v) is 2.10. The second kappa shape index (κ2) is 6.91. The summed E-state index contributed by atoms with van der Waals surface area (Å²) in [5.74, 6) is 0.0908. The molecular formula is C16H19N3O. The van der Waals surface area contributed by atoms with Gasteiger partial charge in [-0.05, 0) is 29.8 Å². The molecule has 0 radical (unpaired) electrons. The van der Waals surface area contributed by atoms with Crippen LogP contribution in [0.5, 0.6) is 0 Å². The molecule has 0 saturated heterocycles. The van der Waals surface area contributed by atoms with E-state index < -0.39 is 0 Å². The normalized spacial score (nSPS) is 12.3. The molecule has 2 aromatic rings. The summed E-state index contributed by atoms with van der Waals surface area (Å²) in [6.45, 7) is 4.14. The first kappa shape index (κ1) is 14.3. The quantitative estimate of drug-likeness (QED) is 0.819. The minimum Gasteiger partial charge on any atom is -0.307 e. The zero-order valence-corrected chi connectivity index (χ0v) is 11.8. The number of nitrogens with zero attached hydrogens (tertiary/aromatic N) is 2. The number of rotatable bonds is 6. The van der Waals surface area contributed by atoms with Gasteiger partial charge in [-0.25, -0.2) is 0 Å². The maximum atomic E-state index is 12.3. The van der Waals surface area contributed by atoms with E-state index in [1.807, 2.05) is 12.1 Å². The molecule has 2 heterocycles. The van der Waals surface area contributed by atoms with Gasteiger partial charge in [0.15, 0.2) is 5.78 Å². The number of ketones is 1. The highest BCUT2D eigenvalue weighted by atomic mass is 16.1. The molecule has 4 heteroatoms. The van der Waals surface area contributed by atoms with E-state index in [0.29, 0.717) is 18.0 Å². The first-order valence-electron chi connectivity index (χ1n) is 6.76. The summed E-state index contributed by atoms with van der Waals surface area (Å²) in [5.41, 5.74) is 1.73. The van der Waals surface area contributed by atoms with Crippen LogP contribution in [0.4, 0.5) is 0 Å². The number of Topliss-reactive ketones (excluding diaryl/α,β-unsaturated/α-hetero) is 1. The highest BCUT2D eigenvalue weighted by Crippen LogP contribution is 2.19. The topological polar surface area (TPSA) is 54.9 Å². The van der Waals surface area contributed by atoms with E-state index in [1.54, 1.807) is 36.9 Å². The van der Waals surface area contributed by atoms with Crippen LogP contribution in [0.15, 0.2) is 49.1 Å². The second-order valence-electron chi connectivity index (χ2n) is 5.02. The standard InChI is InChI=1S/C16H19N3O/c1-12(2)19-15(13-5-8-17-9-6-13)10-16(20)14-4-3-7-18-11-14/h3-9,11-12,15,19H,10H2,1-2H3. The van der Waals surface area contributed by atoms with Crippen LogP contribution in [0.1, 0.15) is 42.2 Å². The molecule has 0 spiro atoms. The SMILES string of the molecule is CC(C)NC(CC(=O)c1cccnc1)c1ccncc1. The summed E-state index contributed by atoms with van der Waals surface area (Å²) < 4.78 is 0. The van der Waals surface area contributed by atoms with Crippen molar-refractivity contribution in [2.24, 2.45) is 0 Å². The monoisotopic (exact) mass is 269 g/mol. The van der Waals surface area contributed by atoms with Crippen LogP contribution in [0.2, 0.25) is 0 Å². The molecule has 0 amide bonds. The Morgan fingerprint density at radius 2 is 1.90 bits per heavy atom. The van der Waals surface area contributed by atoms with Crippen LogP contribution in [0, 0.1) is 0 Å². The Kier molecular flexibility index (Phi) is 4.96. The molecule has 0 saturated carbocycles. The number of carbonyl (C=O) groups excluding carboxylic acids is 1. The number of hydrogen-bond donors (Lipinski definition) is 1. The van der Waals surface area contributed by atoms with Gasteiger partial charge in [-0.1, -0.05) is 13.8 Å². The molecule has 0 aliphatic carbocycles. The lowest BCUT2D eigenvalue weighted by Gasteiger charge is -2.21. The maximum Gasteiger partial charge on any atom is 0.166 e. The predicted octanol–water partition coefficient (Wildman–Crippen LogP) is 2.79. The number of aromatic nitrogens is 2. The molecule has 20 heavy (non-hydrogen) atoms. The predicted molar refractivity (Wildman–Crippen MR) is 78.4 cm³/mol. The smallest absolute Gasteiger partial charge is 0.166 e. The van der Waals surface area contributed by atoms with E-state index in [1.165, 1.54) is 0 Å². The van der Waals surface area contributed by atoms with Gasteiger partial charge in [-0.2, -0.15) is 0 Å². The van der Waals surface area contributed by atoms with Crippen LogP contribution in [0.25, 0.3) is 0 Å². The Bertz CT molecular complexity index is 540. The third kappa shape index (κ3) is 3.96.